The number of aromatic nitrogens is 2. The molecule has 1 atom stereocenters. The number of unbranched alkanes of at least 4 members (excludes halogenated alkanes) is 1. The minimum Gasteiger partial charge on any atom is -0.356 e. The normalized spacial score (nSPS) is 18.9. The summed E-state index contributed by atoms with van der Waals surface area (Å²) in [7, 11) is 1.84. The van der Waals surface area contributed by atoms with Crippen molar-refractivity contribution in [1.82, 2.24) is 25.3 Å². The van der Waals surface area contributed by atoms with Gasteiger partial charge in [0.25, 0.3) is 0 Å². The Hall–Kier alpha value is -1.56. The molecule has 1 unspecified atom stereocenters. The van der Waals surface area contributed by atoms with Gasteiger partial charge < -0.3 is 15.5 Å². The van der Waals surface area contributed by atoms with Crippen molar-refractivity contribution in [3.8, 4) is 0 Å². The summed E-state index contributed by atoms with van der Waals surface area (Å²) in [4.78, 5) is 6.96. The third-order valence-electron chi connectivity index (χ3n) is 5.27. The van der Waals surface area contributed by atoms with Crippen LogP contribution >= 0.6 is 0 Å². The zero-order chi connectivity index (χ0) is 18.8. The number of guanidine groups is 1. The van der Waals surface area contributed by atoms with Crippen LogP contribution in [0.1, 0.15) is 56.8 Å². The lowest BCUT2D eigenvalue weighted by atomic mass is 10.0. The van der Waals surface area contributed by atoms with Gasteiger partial charge in [-0.05, 0) is 72.0 Å². The second-order valence-electron chi connectivity index (χ2n) is 7.52. The van der Waals surface area contributed by atoms with Crippen LogP contribution in [0.25, 0.3) is 0 Å². The standard InChI is InChI=1S/C20H38N6/c1-17-16-19(3)26(24-17)15-9-12-23-20(21-4)22-11-6-8-14-25-13-7-5-10-18(25)2/h16,18H,5-15H2,1-4H3,(H2,21,22,23). The van der Waals surface area contributed by atoms with E-state index in [1.165, 1.54) is 50.9 Å². The molecule has 1 aromatic heterocycles. The summed E-state index contributed by atoms with van der Waals surface area (Å²) in [5.74, 6) is 0.907. The molecule has 0 aliphatic carbocycles. The fraction of sp³-hybridized carbons (Fsp3) is 0.800. The molecule has 1 aromatic rings. The number of rotatable bonds is 9. The molecule has 0 spiro atoms. The highest BCUT2D eigenvalue weighted by molar-refractivity contribution is 5.79. The van der Waals surface area contributed by atoms with Gasteiger partial charge in [0.1, 0.15) is 0 Å². The van der Waals surface area contributed by atoms with E-state index in [1.54, 1.807) is 0 Å². The van der Waals surface area contributed by atoms with Crippen LogP contribution in [0.2, 0.25) is 0 Å². The van der Waals surface area contributed by atoms with E-state index >= 15 is 0 Å². The van der Waals surface area contributed by atoms with Crippen molar-refractivity contribution in [2.24, 2.45) is 4.99 Å². The fourth-order valence-electron chi connectivity index (χ4n) is 3.69. The Balaban J connectivity index is 1.53. The largest absolute Gasteiger partial charge is 0.356 e. The number of piperidine rings is 1. The molecule has 2 rings (SSSR count). The van der Waals surface area contributed by atoms with E-state index in [2.05, 4.69) is 50.2 Å². The molecular formula is C20H38N6. The summed E-state index contributed by atoms with van der Waals surface area (Å²) in [6, 6.07) is 2.90. The molecule has 1 aliphatic heterocycles. The smallest absolute Gasteiger partial charge is 0.190 e. The molecule has 26 heavy (non-hydrogen) atoms. The molecule has 1 fully saturated rings. The fourth-order valence-corrected chi connectivity index (χ4v) is 3.69. The first-order valence-corrected chi connectivity index (χ1v) is 10.3. The van der Waals surface area contributed by atoms with E-state index in [9.17, 15) is 0 Å². The second-order valence-corrected chi connectivity index (χ2v) is 7.52. The molecule has 0 saturated carbocycles. The molecule has 0 aromatic carbocycles. The van der Waals surface area contributed by atoms with Crippen molar-refractivity contribution in [1.29, 1.82) is 0 Å². The van der Waals surface area contributed by atoms with Crippen LogP contribution in [0.4, 0.5) is 0 Å². The predicted octanol–water partition coefficient (Wildman–Crippen LogP) is 2.71. The van der Waals surface area contributed by atoms with E-state index in [-0.39, 0.29) is 0 Å². The lowest BCUT2D eigenvalue weighted by molar-refractivity contribution is 0.158. The lowest BCUT2D eigenvalue weighted by Crippen LogP contribution is -2.39. The van der Waals surface area contributed by atoms with Crippen LogP contribution in [-0.2, 0) is 6.54 Å². The Morgan fingerprint density at radius 2 is 1.92 bits per heavy atom. The average Bonchev–Trinajstić information content (AvgIpc) is 2.95. The van der Waals surface area contributed by atoms with E-state index in [1.807, 2.05) is 14.0 Å². The minimum atomic E-state index is 0.772. The molecule has 2 heterocycles. The monoisotopic (exact) mass is 362 g/mol. The molecular weight excluding hydrogens is 324 g/mol. The third-order valence-corrected chi connectivity index (χ3v) is 5.27. The zero-order valence-electron chi connectivity index (χ0n) is 17.2. The molecule has 1 aliphatic rings. The van der Waals surface area contributed by atoms with Gasteiger partial charge in [-0.25, -0.2) is 0 Å². The van der Waals surface area contributed by atoms with E-state index in [0.29, 0.717) is 0 Å². The second kappa shape index (κ2) is 11.2. The zero-order valence-corrected chi connectivity index (χ0v) is 17.2. The van der Waals surface area contributed by atoms with Crippen molar-refractivity contribution in [3.63, 3.8) is 0 Å². The maximum absolute atomic E-state index is 4.50. The van der Waals surface area contributed by atoms with Crippen molar-refractivity contribution in [2.75, 3.05) is 33.2 Å². The first-order chi connectivity index (χ1) is 12.6. The number of nitrogens with zero attached hydrogens (tertiary/aromatic N) is 4. The van der Waals surface area contributed by atoms with E-state index in [4.69, 9.17) is 0 Å². The van der Waals surface area contributed by atoms with Gasteiger partial charge in [0.2, 0.25) is 0 Å². The van der Waals surface area contributed by atoms with Crippen molar-refractivity contribution in [3.05, 3.63) is 17.5 Å². The van der Waals surface area contributed by atoms with Gasteiger partial charge in [0.15, 0.2) is 5.96 Å². The highest BCUT2D eigenvalue weighted by Gasteiger charge is 2.16. The Kier molecular flexibility index (Phi) is 8.95. The quantitative estimate of drug-likeness (QED) is 0.403. The number of hydrogen-bond acceptors (Lipinski definition) is 3. The summed E-state index contributed by atoms with van der Waals surface area (Å²) >= 11 is 0. The molecule has 148 valence electrons. The Morgan fingerprint density at radius 1 is 1.15 bits per heavy atom. The van der Waals surface area contributed by atoms with Gasteiger partial charge in [-0.15, -0.1) is 0 Å². The first kappa shape index (κ1) is 20.7. The number of aryl methyl sites for hydroxylation is 3. The summed E-state index contributed by atoms with van der Waals surface area (Å²) in [5, 5.41) is 11.3. The molecule has 6 heteroatoms. The van der Waals surface area contributed by atoms with Crippen LogP contribution < -0.4 is 10.6 Å². The van der Waals surface area contributed by atoms with Crippen LogP contribution in [0, 0.1) is 13.8 Å². The predicted molar refractivity (Wildman–Crippen MR) is 110 cm³/mol. The third kappa shape index (κ3) is 6.98. The number of hydrogen-bond donors (Lipinski definition) is 2. The van der Waals surface area contributed by atoms with Crippen molar-refractivity contribution < 1.29 is 0 Å². The molecule has 0 bridgehead atoms. The number of likely N-dealkylation sites (tertiary alicyclic amines) is 1. The Morgan fingerprint density at radius 3 is 2.58 bits per heavy atom. The number of aliphatic imine (C=N–C) groups is 1. The average molecular weight is 363 g/mol. The van der Waals surface area contributed by atoms with Crippen LogP contribution in [0.3, 0.4) is 0 Å². The first-order valence-electron chi connectivity index (χ1n) is 10.3. The summed E-state index contributed by atoms with van der Waals surface area (Å²) in [5.41, 5.74) is 2.32. The maximum Gasteiger partial charge on any atom is 0.190 e. The summed E-state index contributed by atoms with van der Waals surface area (Å²) < 4.78 is 2.08. The summed E-state index contributed by atoms with van der Waals surface area (Å²) in [6.45, 7) is 11.9. The highest BCUT2D eigenvalue weighted by Crippen LogP contribution is 2.16. The van der Waals surface area contributed by atoms with Gasteiger partial charge in [-0.2, -0.15) is 5.10 Å². The van der Waals surface area contributed by atoms with Crippen molar-refractivity contribution >= 4 is 5.96 Å². The van der Waals surface area contributed by atoms with Crippen molar-refractivity contribution in [2.45, 2.75) is 71.9 Å². The molecule has 0 radical (unpaired) electrons. The molecule has 0 amide bonds. The topological polar surface area (TPSA) is 57.5 Å². The van der Waals surface area contributed by atoms with Gasteiger partial charge in [-0.3, -0.25) is 9.67 Å². The minimum absolute atomic E-state index is 0.772. The van der Waals surface area contributed by atoms with Gasteiger partial charge in [0.05, 0.1) is 5.69 Å². The maximum atomic E-state index is 4.50. The lowest BCUT2D eigenvalue weighted by Gasteiger charge is -2.33. The summed E-state index contributed by atoms with van der Waals surface area (Å²) in [6.07, 6.45) is 7.63. The molecule has 1 saturated heterocycles. The molecule has 6 nitrogen and oxygen atoms in total. The Bertz CT molecular complexity index is 550. The van der Waals surface area contributed by atoms with Crippen LogP contribution in [-0.4, -0.2) is 59.9 Å². The SMILES string of the molecule is CN=C(NCCCCN1CCCCC1C)NCCCn1nc(C)cc1C. The number of nitrogens with one attached hydrogen (secondary N) is 2. The highest BCUT2D eigenvalue weighted by atomic mass is 15.3. The van der Waals surface area contributed by atoms with Crippen LogP contribution in [0.5, 0.6) is 0 Å². The van der Waals surface area contributed by atoms with Gasteiger partial charge >= 0.3 is 0 Å². The van der Waals surface area contributed by atoms with E-state index in [0.717, 1.165) is 43.8 Å². The van der Waals surface area contributed by atoms with Gasteiger partial charge in [0, 0.05) is 38.4 Å². The van der Waals surface area contributed by atoms with E-state index < -0.39 is 0 Å². The van der Waals surface area contributed by atoms with Crippen LogP contribution in [0.15, 0.2) is 11.1 Å². The van der Waals surface area contributed by atoms with Gasteiger partial charge in [-0.1, -0.05) is 6.42 Å². The molecule has 2 N–H and O–H groups in total. The Labute approximate surface area is 159 Å².